The quantitative estimate of drug-likeness (QED) is 0.718. The highest BCUT2D eigenvalue weighted by Crippen LogP contribution is 2.27. The van der Waals surface area contributed by atoms with E-state index >= 15 is 0 Å². The molecule has 1 aliphatic heterocycles. The number of sulfonamides is 1. The third-order valence-corrected chi connectivity index (χ3v) is 6.39. The van der Waals surface area contributed by atoms with Gasteiger partial charge in [0, 0.05) is 24.2 Å². The molecule has 7 nitrogen and oxygen atoms in total. The van der Waals surface area contributed by atoms with E-state index in [1.54, 1.807) is 23.1 Å². The number of likely N-dealkylation sites (tertiary alicyclic amines) is 1. The van der Waals surface area contributed by atoms with E-state index in [-0.39, 0.29) is 29.7 Å². The Balaban J connectivity index is 1.63. The minimum atomic E-state index is -3.86. The van der Waals surface area contributed by atoms with Gasteiger partial charge in [-0.3, -0.25) is 4.79 Å². The lowest BCUT2D eigenvalue weighted by molar-refractivity contribution is -0.134. The smallest absolute Gasteiger partial charge is 0.260 e. The van der Waals surface area contributed by atoms with Crippen molar-refractivity contribution in [2.24, 2.45) is 0 Å². The van der Waals surface area contributed by atoms with Gasteiger partial charge < -0.3 is 14.4 Å². The van der Waals surface area contributed by atoms with Gasteiger partial charge in [0.25, 0.3) is 5.91 Å². The van der Waals surface area contributed by atoms with Crippen LogP contribution in [0.4, 0.5) is 0 Å². The number of halogens is 1. The van der Waals surface area contributed by atoms with Crippen molar-refractivity contribution in [2.45, 2.75) is 23.8 Å². The molecule has 1 heterocycles. The molecule has 29 heavy (non-hydrogen) atoms. The van der Waals surface area contributed by atoms with Gasteiger partial charge in [-0.05, 0) is 43.2 Å². The first-order chi connectivity index (χ1) is 13.9. The Hall–Kier alpha value is -2.29. The van der Waals surface area contributed by atoms with Crippen LogP contribution < -0.4 is 14.2 Å². The standard InChI is InChI=1S/C20H23ClN2O5S/c1-27-18-10-9-15(21)12-19(18)29(25,26)22-16-6-5-11-23(13-16)20(24)14-28-17-7-3-2-4-8-17/h2-4,7-10,12,16,22H,5-6,11,13-14H2,1H3/t16-/m1/s1. The first-order valence-corrected chi connectivity index (χ1v) is 11.1. The van der Waals surface area contributed by atoms with E-state index in [4.69, 9.17) is 21.1 Å². The lowest BCUT2D eigenvalue weighted by Gasteiger charge is -2.33. The van der Waals surface area contributed by atoms with Crippen molar-refractivity contribution < 1.29 is 22.7 Å². The molecule has 2 aromatic carbocycles. The first-order valence-electron chi connectivity index (χ1n) is 9.20. The van der Waals surface area contributed by atoms with Gasteiger partial charge in [-0.25, -0.2) is 13.1 Å². The first kappa shape index (κ1) is 21.4. The number of piperidine rings is 1. The maximum atomic E-state index is 12.8. The number of rotatable bonds is 7. The van der Waals surface area contributed by atoms with Crippen LogP contribution in [-0.4, -0.2) is 52.1 Å². The second kappa shape index (κ2) is 9.47. The highest BCUT2D eigenvalue weighted by Gasteiger charge is 2.29. The molecule has 0 bridgehead atoms. The summed E-state index contributed by atoms with van der Waals surface area (Å²) >= 11 is 5.96. The molecular weight excluding hydrogens is 416 g/mol. The Kier molecular flexibility index (Phi) is 7.00. The van der Waals surface area contributed by atoms with Gasteiger partial charge in [-0.15, -0.1) is 0 Å². The van der Waals surface area contributed by atoms with Crippen LogP contribution in [0, 0.1) is 0 Å². The van der Waals surface area contributed by atoms with Crippen molar-refractivity contribution >= 4 is 27.5 Å². The van der Waals surface area contributed by atoms with Crippen molar-refractivity contribution in [3.63, 3.8) is 0 Å². The van der Waals surface area contributed by atoms with Crippen LogP contribution in [0.5, 0.6) is 11.5 Å². The van der Waals surface area contributed by atoms with Crippen molar-refractivity contribution in [1.82, 2.24) is 9.62 Å². The van der Waals surface area contributed by atoms with Crippen LogP contribution in [-0.2, 0) is 14.8 Å². The molecule has 9 heteroatoms. The zero-order valence-corrected chi connectivity index (χ0v) is 17.6. The number of carbonyl (C=O) groups excluding carboxylic acids is 1. The number of carbonyl (C=O) groups is 1. The molecule has 2 aromatic rings. The van der Waals surface area contributed by atoms with Crippen LogP contribution in [0.1, 0.15) is 12.8 Å². The van der Waals surface area contributed by atoms with Crippen LogP contribution >= 0.6 is 11.6 Å². The molecule has 0 aliphatic carbocycles. The fraction of sp³-hybridized carbons (Fsp3) is 0.350. The summed E-state index contributed by atoms with van der Waals surface area (Å²) in [5.74, 6) is 0.642. The van der Waals surface area contributed by atoms with E-state index in [2.05, 4.69) is 4.72 Å². The fourth-order valence-electron chi connectivity index (χ4n) is 3.20. The Bertz CT molecular complexity index is 953. The van der Waals surface area contributed by atoms with Gasteiger partial charge in [0.1, 0.15) is 16.4 Å². The number of nitrogens with one attached hydrogen (secondary N) is 1. The molecule has 3 rings (SSSR count). The maximum Gasteiger partial charge on any atom is 0.260 e. The summed E-state index contributed by atoms with van der Waals surface area (Å²) in [5.41, 5.74) is 0. The summed E-state index contributed by atoms with van der Waals surface area (Å²) < 4.78 is 39.0. The van der Waals surface area contributed by atoms with Crippen molar-refractivity contribution in [1.29, 1.82) is 0 Å². The van der Waals surface area contributed by atoms with Gasteiger partial charge in [-0.2, -0.15) is 0 Å². The zero-order chi connectivity index (χ0) is 20.9. The Labute approximate surface area is 175 Å². The second-order valence-electron chi connectivity index (χ2n) is 6.70. The summed E-state index contributed by atoms with van der Waals surface area (Å²) in [5, 5.41) is 0.296. The molecule has 1 N–H and O–H groups in total. The van der Waals surface area contributed by atoms with E-state index in [0.717, 1.165) is 0 Å². The number of ether oxygens (including phenoxy) is 2. The predicted molar refractivity (Wildman–Crippen MR) is 110 cm³/mol. The number of nitrogens with zero attached hydrogens (tertiary/aromatic N) is 1. The van der Waals surface area contributed by atoms with Gasteiger partial charge in [0.15, 0.2) is 6.61 Å². The van der Waals surface area contributed by atoms with E-state index in [9.17, 15) is 13.2 Å². The highest BCUT2D eigenvalue weighted by atomic mass is 35.5. The number of benzene rings is 2. The summed E-state index contributed by atoms with van der Waals surface area (Å²) in [6, 6.07) is 13.1. The molecule has 0 radical (unpaired) electrons. The molecular formula is C20H23ClN2O5S. The van der Waals surface area contributed by atoms with E-state index < -0.39 is 16.1 Å². The molecule has 0 aromatic heterocycles. The Morgan fingerprint density at radius 2 is 2.00 bits per heavy atom. The van der Waals surface area contributed by atoms with Crippen molar-refractivity contribution in [3.05, 3.63) is 53.6 Å². The van der Waals surface area contributed by atoms with Gasteiger partial charge in [0.05, 0.1) is 7.11 Å². The monoisotopic (exact) mass is 438 g/mol. The number of amides is 1. The third-order valence-electron chi connectivity index (χ3n) is 4.62. The number of hydrogen-bond donors (Lipinski definition) is 1. The molecule has 0 spiro atoms. The Morgan fingerprint density at radius 3 is 2.72 bits per heavy atom. The molecule has 1 atom stereocenters. The predicted octanol–water partition coefficient (Wildman–Crippen LogP) is 2.70. The summed E-state index contributed by atoms with van der Waals surface area (Å²) in [4.78, 5) is 14.1. The Morgan fingerprint density at radius 1 is 1.24 bits per heavy atom. The van der Waals surface area contributed by atoms with Crippen LogP contribution in [0.3, 0.4) is 0 Å². The van der Waals surface area contributed by atoms with Crippen LogP contribution in [0.15, 0.2) is 53.4 Å². The molecule has 1 fully saturated rings. The summed E-state index contributed by atoms with van der Waals surface area (Å²) in [6.07, 6.45) is 1.32. The normalized spacial score (nSPS) is 17.0. The lowest BCUT2D eigenvalue weighted by atomic mass is 10.1. The number of methoxy groups -OCH3 is 1. The lowest BCUT2D eigenvalue weighted by Crippen LogP contribution is -2.50. The maximum absolute atomic E-state index is 12.8. The molecule has 1 saturated heterocycles. The zero-order valence-electron chi connectivity index (χ0n) is 16.0. The fourth-order valence-corrected chi connectivity index (χ4v) is 4.89. The van der Waals surface area contributed by atoms with E-state index in [1.807, 2.05) is 18.2 Å². The highest BCUT2D eigenvalue weighted by molar-refractivity contribution is 7.89. The number of hydrogen-bond acceptors (Lipinski definition) is 5. The summed E-state index contributed by atoms with van der Waals surface area (Å²) in [7, 11) is -2.46. The van der Waals surface area contributed by atoms with Crippen LogP contribution in [0.25, 0.3) is 0 Å². The SMILES string of the molecule is COc1ccc(Cl)cc1S(=O)(=O)N[C@@H]1CCCN(C(=O)COc2ccccc2)C1. The van der Waals surface area contributed by atoms with Crippen molar-refractivity contribution in [3.8, 4) is 11.5 Å². The van der Waals surface area contributed by atoms with Crippen LogP contribution in [0.2, 0.25) is 5.02 Å². The van der Waals surface area contributed by atoms with Gasteiger partial charge >= 0.3 is 0 Å². The molecule has 156 valence electrons. The van der Waals surface area contributed by atoms with Gasteiger partial charge in [0.2, 0.25) is 10.0 Å². The van der Waals surface area contributed by atoms with E-state index in [0.29, 0.717) is 30.2 Å². The minimum absolute atomic E-state index is 0.0247. The summed E-state index contributed by atoms with van der Waals surface area (Å²) in [6.45, 7) is 0.750. The topological polar surface area (TPSA) is 84.9 Å². The molecule has 0 unspecified atom stereocenters. The molecule has 0 saturated carbocycles. The number of para-hydroxylation sites is 1. The van der Waals surface area contributed by atoms with Crippen molar-refractivity contribution in [2.75, 3.05) is 26.8 Å². The molecule has 1 amide bonds. The van der Waals surface area contributed by atoms with E-state index in [1.165, 1.54) is 19.2 Å². The second-order valence-corrected chi connectivity index (χ2v) is 8.82. The molecule has 1 aliphatic rings. The minimum Gasteiger partial charge on any atom is -0.495 e. The average Bonchev–Trinajstić information content (AvgIpc) is 2.72. The third kappa shape index (κ3) is 5.62. The van der Waals surface area contributed by atoms with Gasteiger partial charge in [-0.1, -0.05) is 29.8 Å². The largest absolute Gasteiger partial charge is 0.495 e. The average molecular weight is 439 g/mol.